The Hall–Kier alpha value is -1.61. The van der Waals surface area contributed by atoms with Gasteiger partial charge in [-0.05, 0) is 18.2 Å². The predicted octanol–water partition coefficient (Wildman–Crippen LogP) is 1.07. The van der Waals surface area contributed by atoms with Crippen molar-refractivity contribution in [2.45, 2.75) is 0 Å². The van der Waals surface area contributed by atoms with Crippen LogP contribution in [0.5, 0.6) is 0 Å². The van der Waals surface area contributed by atoms with Gasteiger partial charge in [0.2, 0.25) is 10.0 Å². The van der Waals surface area contributed by atoms with Gasteiger partial charge < -0.3 is 0 Å². The van der Waals surface area contributed by atoms with E-state index in [1.807, 2.05) is 0 Å². The molecule has 6 heteroatoms. The van der Waals surface area contributed by atoms with E-state index in [0.717, 1.165) is 18.4 Å². The van der Waals surface area contributed by atoms with Gasteiger partial charge in [0.05, 0.1) is 17.5 Å². The summed E-state index contributed by atoms with van der Waals surface area (Å²) in [5.74, 6) is -0.583. The fraction of sp³-hybridized carbons (Fsp3) is 0.125. The summed E-state index contributed by atoms with van der Waals surface area (Å²) in [6.07, 6.45) is 0.956. The maximum absolute atomic E-state index is 12.6. The van der Waals surface area contributed by atoms with Gasteiger partial charge in [-0.15, -0.1) is 0 Å². The van der Waals surface area contributed by atoms with Crippen LogP contribution in [0.3, 0.4) is 0 Å². The molecule has 0 aliphatic rings. The molecule has 0 amide bonds. The number of nitrogens with zero attached hydrogens (tertiary/aromatic N) is 1. The summed E-state index contributed by atoms with van der Waals surface area (Å²) in [6.45, 7) is 0. The molecule has 0 aromatic heterocycles. The molecule has 4 nitrogen and oxygen atoms in total. The molecule has 0 aliphatic heterocycles. The minimum atomic E-state index is -3.45. The Kier molecular flexibility index (Phi) is 2.72. The van der Waals surface area contributed by atoms with E-state index in [4.69, 9.17) is 5.26 Å². The molecular weight excluding hydrogens is 207 g/mol. The van der Waals surface area contributed by atoms with Gasteiger partial charge in [-0.3, -0.25) is 4.72 Å². The van der Waals surface area contributed by atoms with Gasteiger partial charge in [0.1, 0.15) is 11.9 Å². The Labute approximate surface area is 81.0 Å². The molecule has 0 spiro atoms. The van der Waals surface area contributed by atoms with Crippen molar-refractivity contribution in [2.24, 2.45) is 0 Å². The van der Waals surface area contributed by atoms with Crippen molar-refractivity contribution in [3.05, 3.63) is 29.6 Å². The summed E-state index contributed by atoms with van der Waals surface area (Å²) in [5.41, 5.74) is 0.0341. The lowest BCUT2D eigenvalue weighted by Gasteiger charge is -2.04. The first kappa shape index (κ1) is 10.5. The van der Waals surface area contributed by atoms with Crippen LogP contribution in [0.2, 0.25) is 0 Å². The molecular formula is C8H7FN2O2S. The second-order valence-electron chi connectivity index (χ2n) is 2.68. The lowest BCUT2D eigenvalue weighted by atomic mass is 10.2. The summed E-state index contributed by atoms with van der Waals surface area (Å²) < 4.78 is 36.4. The first-order chi connectivity index (χ1) is 6.42. The van der Waals surface area contributed by atoms with E-state index in [1.54, 1.807) is 6.07 Å². The second kappa shape index (κ2) is 3.64. The Morgan fingerprint density at radius 2 is 2.14 bits per heavy atom. The van der Waals surface area contributed by atoms with Crippen LogP contribution in [-0.2, 0) is 10.0 Å². The fourth-order valence-electron chi connectivity index (χ4n) is 0.898. The van der Waals surface area contributed by atoms with Gasteiger partial charge in [0, 0.05) is 0 Å². The van der Waals surface area contributed by atoms with Gasteiger partial charge in [0.15, 0.2) is 0 Å². The minimum Gasteiger partial charge on any atom is -0.282 e. The number of hydrogen-bond donors (Lipinski definition) is 1. The number of sulfonamides is 1. The zero-order valence-electron chi connectivity index (χ0n) is 7.28. The highest BCUT2D eigenvalue weighted by molar-refractivity contribution is 7.92. The van der Waals surface area contributed by atoms with Crippen molar-refractivity contribution in [1.29, 1.82) is 5.26 Å². The molecule has 74 valence electrons. The Balaban J connectivity index is 3.17. The fourth-order valence-corrected chi connectivity index (χ4v) is 1.48. The number of nitrogens with one attached hydrogen (secondary N) is 1. The molecule has 1 aromatic rings. The molecule has 1 N–H and O–H groups in total. The average Bonchev–Trinajstić information content (AvgIpc) is 2.06. The third kappa shape index (κ3) is 2.71. The quantitative estimate of drug-likeness (QED) is 0.800. The van der Waals surface area contributed by atoms with Crippen LogP contribution < -0.4 is 4.72 Å². The van der Waals surface area contributed by atoms with Gasteiger partial charge in [-0.1, -0.05) is 0 Å². The molecule has 14 heavy (non-hydrogen) atoms. The van der Waals surface area contributed by atoms with Gasteiger partial charge in [0.25, 0.3) is 0 Å². The topological polar surface area (TPSA) is 70.0 Å². The number of benzene rings is 1. The first-order valence-corrected chi connectivity index (χ1v) is 5.49. The van der Waals surface area contributed by atoms with Crippen LogP contribution in [0, 0.1) is 17.1 Å². The molecule has 0 heterocycles. The summed E-state index contributed by atoms with van der Waals surface area (Å²) in [4.78, 5) is 0. The Morgan fingerprint density at radius 1 is 1.50 bits per heavy atom. The standard InChI is InChI=1S/C8H7FN2O2S/c1-14(12,13)11-8-3-2-7(9)4-6(8)5-10/h2-4,11H,1H3. The zero-order valence-corrected chi connectivity index (χ0v) is 8.10. The molecule has 0 unspecified atom stereocenters. The molecule has 1 aromatic carbocycles. The van der Waals surface area contributed by atoms with Crippen LogP contribution in [0.25, 0.3) is 0 Å². The van der Waals surface area contributed by atoms with E-state index in [2.05, 4.69) is 4.72 Å². The van der Waals surface area contributed by atoms with Gasteiger partial charge in [-0.2, -0.15) is 5.26 Å². The van der Waals surface area contributed by atoms with Gasteiger partial charge in [-0.25, -0.2) is 12.8 Å². The van der Waals surface area contributed by atoms with E-state index in [9.17, 15) is 12.8 Å². The minimum absolute atomic E-state index is 0.0459. The molecule has 0 aliphatic carbocycles. The van der Waals surface area contributed by atoms with Crippen molar-refractivity contribution < 1.29 is 12.8 Å². The lowest BCUT2D eigenvalue weighted by Crippen LogP contribution is -2.10. The highest BCUT2D eigenvalue weighted by atomic mass is 32.2. The molecule has 0 saturated heterocycles. The monoisotopic (exact) mass is 214 g/mol. The van der Waals surface area contributed by atoms with Crippen LogP contribution in [-0.4, -0.2) is 14.7 Å². The van der Waals surface area contributed by atoms with Crippen molar-refractivity contribution in [2.75, 3.05) is 11.0 Å². The van der Waals surface area contributed by atoms with Crippen molar-refractivity contribution in [1.82, 2.24) is 0 Å². The van der Waals surface area contributed by atoms with E-state index in [-0.39, 0.29) is 11.3 Å². The van der Waals surface area contributed by atoms with Crippen molar-refractivity contribution in [3.63, 3.8) is 0 Å². The van der Waals surface area contributed by atoms with E-state index in [0.29, 0.717) is 0 Å². The SMILES string of the molecule is CS(=O)(=O)Nc1ccc(F)cc1C#N. The molecule has 0 bridgehead atoms. The second-order valence-corrected chi connectivity index (χ2v) is 4.42. The summed E-state index contributed by atoms with van der Waals surface area (Å²) in [7, 11) is -3.45. The van der Waals surface area contributed by atoms with Crippen LogP contribution in [0.15, 0.2) is 18.2 Å². The van der Waals surface area contributed by atoms with E-state index in [1.165, 1.54) is 6.07 Å². The zero-order chi connectivity index (χ0) is 10.8. The van der Waals surface area contributed by atoms with Crippen LogP contribution >= 0.6 is 0 Å². The number of nitriles is 1. The molecule has 1 rings (SSSR count). The van der Waals surface area contributed by atoms with Crippen molar-refractivity contribution >= 4 is 15.7 Å². The summed E-state index contributed by atoms with van der Waals surface area (Å²) >= 11 is 0. The molecule has 0 saturated carbocycles. The summed E-state index contributed by atoms with van der Waals surface area (Å²) in [5, 5.41) is 8.59. The normalized spacial score (nSPS) is 10.6. The average molecular weight is 214 g/mol. The number of hydrogen-bond acceptors (Lipinski definition) is 3. The number of rotatable bonds is 2. The number of anilines is 1. The van der Waals surface area contributed by atoms with Crippen molar-refractivity contribution in [3.8, 4) is 6.07 Å². The predicted molar refractivity (Wildman–Crippen MR) is 49.6 cm³/mol. The lowest BCUT2D eigenvalue weighted by molar-refractivity contribution is 0.606. The third-order valence-corrected chi connectivity index (χ3v) is 1.99. The highest BCUT2D eigenvalue weighted by Crippen LogP contribution is 2.16. The van der Waals surface area contributed by atoms with Crippen LogP contribution in [0.4, 0.5) is 10.1 Å². The summed E-state index contributed by atoms with van der Waals surface area (Å²) in [6, 6.07) is 4.94. The largest absolute Gasteiger partial charge is 0.282 e. The molecule has 0 atom stereocenters. The smallest absolute Gasteiger partial charge is 0.229 e. The van der Waals surface area contributed by atoms with E-state index < -0.39 is 15.8 Å². The highest BCUT2D eigenvalue weighted by Gasteiger charge is 2.07. The maximum atomic E-state index is 12.6. The Morgan fingerprint density at radius 3 is 2.64 bits per heavy atom. The first-order valence-electron chi connectivity index (χ1n) is 3.60. The molecule has 0 radical (unpaired) electrons. The van der Waals surface area contributed by atoms with E-state index >= 15 is 0 Å². The number of halogens is 1. The van der Waals surface area contributed by atoms with Crippen LogP contribution in [0.1, 0.15) is 5.56 Å². The Bertz CT molecular complexity index is 491. The van der Waals surface area contributed by atoms with Gasteiger partial charge >= 0.3 is 0 Å². The third-order valence-electron chi connectivity index (χ3n) is 1.40. The maximum Gasteiger partial charge on any atom is 0.229 e. The molecule has 0 fully saturated rings.